The van der Waals surface area contributed by atoms with Gasteiger partial charge < -0.3 is 19.5 Å². The van der Waals surface area contributed by atoms with Crippen LogP contribution >= 0.6 is 0 Å². The summed E-state index contributed by atoms with van der Waals surface area (Å²) in [5.74, 6) is -0.973. The van der Waals surface area contributed by atoms with Crippen molar-refractivity contribution in [3.05, 3.63) is 11.3 Å². The normalized spacial score (nSPS) is 21.5. The Bertz CT molecular complexity index is 335. The molecule has 0 spiro atoms. The van der Waals surface area contributed by atoms with E-state index in [4.69, 9.17) is 14.6 Å². The first kappa shape index (κ1) is 11.5. The SMILES string of the molecule is COC1=NC(OC)N(C)C(C)=C1C(=O)O. The summed E-state index contributed by atoms with van der Waals surface area (Å²) in [6.45, 7) is 1.68. The van der Waals surface area contributed by atoms with Gasteiger partial charge in [-0.15, -0.1) is 0 Å². The van der Waals surface area contributed by atoms with Crippen LogP contribution in [0.3, 0.4) is 0 Å². The van der Waals surface area contributed by atoms with Gasteiger partial charge in [0, 0.05) is 19.9 Å². The highest BCUT2D eigenvalue weighted by atomic mass is 16.5. The zero-order valence-corrected chi connectivity index (χ0v) is 9.14. The minimum absolute atomic E-state index is 0.0632. The van der Waals surface area contributed by atoms with E-state index in [1.807, 2.05) is 0 Å². The first-order valence-electron chi connectivity index (χ1n) is 4.34. The summed E-state index contributed by atoms with van der Waals surface area (Å²) in [5.41, 5.74) is 0.620. The summed E-state index contributed by atoms with van der Waals surface area (Å²) in [6, 6.07) is 0. The highest BCUT2D eigenvalue weighted by molar-refractivity contribution is 6.16. The number of carboxylic acids is 1. The number of aliphatic imine (C=N–C) groups is 1. The Labute approximate surface area is 87.8 Å². The number of ether oxygens (including phenoxy) is 2. The molecule has 0 aromatic carbocycles. The Balaban J connectivity index is 3.18. The van der Waals surface area contributed by atoms with Crippen LogP contribution in [0.1, 0.15) is 6.92 Å². The maximum atomic E-state index is 11.0. The van der Waals surface area contributed by atoms with Crippen LogP contribution in [-0.4, -0.2) is 49.5 Å². The molecule has 0 saturated carbocycles. The molecular weight excluding hydrogens is 200 g/mol. The molecule has 0 saturated heterocycles. The van der Waals surface area contributed by atoms with Crippen molar-refractivity contribution in [1.82, 2.24) is 4.90 Å². The molecule has 1 rings (SSSR count). The summed E-state index contributed by atoms with van der Waals surface area (Å²) in [5, 5.41) is 9.00. The smallest absolute Gasteiger partial charge is 0.343 e. The Morgan fingerprint density at radius 1 is 1.53 bits per heavy atom. The molecule has 1 atom stereocenters. The molecule has 1 N–H and O–H groups in total. The second-order valence-electron chi connectivity index (χ2n) is 3.08. The number of aliphatic carboxylic acids is 1. The van der Waals surface area contributed by atoms with Gasteiger partial charge in [0.15, 0.2) is 0 Å². The second kappa shape index (κ2) is 4.31. The van der Waals surface area contributed by atoms with Gasteiger partial charge in [0.05, 0.1) is 7.11 Å². The van der Waals surface area contributed by atoms with Gasteiger partial charge in [-0.1, -0.05) is 0 Å². The first-order valence-corrected chi connectivity index (χ1v) is 4.34. The van der Waals surface area contributed by atoms with Crippen LogP contribution < -0.4 is 0 Å². The lowest BCUT2D eigenvalue weighted by Gasteiger charge is -2.31. The highest BCUT2D eigenvalue weighted by Crippen LogP contribution is 2.21. The maximum Gasteiger partial charge on any atom is 0.343 e. The molecule has 1 aliphatic rings. The number of carboxylic acid groups (broad SMARTS) is 1. The lowest BCUT2D eigenvalue weighted by atomic mass is 10.1. The monoisotopic (exact) mass is 214 g/mol. The summed E-state index contributed by atoms with van der Waals surface area (Å²) in [4.78, 5) is 16.6. The summed E-state index contributed by atoms with van der Waals surface area (Å²) in [6.07, 6.45) is -0.539. The molecule has 15 heavy (non-hydrogen) atoms. The molecule has 0 bridgehead atoms. The Morgan fingerprint density at radius 3 is 2.53 bits per heavy atom. The van der Waals surface area contributed by atoms with Crippen molar-refractivity contribution in [2.75, 3.05) is 21.3 Å². The first-order chi connectivity index (χ1) is 7.02. The zero-order valence-electron chi connectivity index (χ0n) is 9.14. The van der Waals surface area contributed by atoms with Gasteiger partial charge in [0.1, 0.15) is 5.57 Å². The molecule has 0 aromatic heterocycles. The fraction of sp³-hybridized carbons (Fsp3) is 0.556. The summed E-state index contributed by atoms with van der Waals surface area (Å²) in [7, 11) is 4.59. The maximum absolute atomic E-state index is 11.0. The molecule has 1 unspecified atom stereocenters. The Morgan fingerprint density at radius 2 is 2.13 bits per heavy atom. The van der Waals surface area contributed by atoms with E-state index < -0.39 is 12.3 Å². The minimum atomic E-state index is -1.06. The van der Waals surface area contributed by atoms with E-state index in [0.717, 1.165) is 0 Å². The number of methoxy groups -OCH3 is 2. The van der Waals surface area contributed by atoms with Gasteiger partial charge in [-0.3, -0.25) is 0 Å². The lowest BCUT2D eigenvalue weighted by molar-refractivity contribution is -0.132. The average Bonchev–Trinajstić information content (AvgIpc) is 2.20. The standard InChI is InChI=1S/C9H14N2O4/c1-5-6(8(12)13)7(14-3)10-9(15-4)11(5)2/h9H,1-4H3,(H,12,13). The van der Waals surface area contributed by atoms with Gasteiger partial charge in [0.2, 0.25) is 12.2 Å². The minimum Gasteiger partial charge on any atom is -0.480 e. The van der Waals surface area contributed by atoms with Crippen molar-refractivity contribution >= 4 is 11.9 Å². The molecule has 0 aliphatic carbocycles. The van der Waals surface area contributed by atoms with Gasteiger partial charge in [-0.05, 0) is 6.92 Å². The third-order valence-corrected chi connectivity index (χ3v) is 2.28. The number of hydrogen-bond acceptors (Lipinski definition) is 5. The fourth-order valence-electron chi connectivity index (χ4n) is 1.36. The van der Waals surface area contributed by atoms with Gasteiger partial charge in [0.25, 0.3) is 0 Å². The van der Waals surface area contributed by atoms with Crippen LogP contribution in [0, 0.1) is 0 Å². The van der Waals surface area contributed by atoms with Gasteiger partial charge >= 0.3 is 5.97 Å². The molecule has 84 valence electrons. The van der Waals surface area contributed by atoms with Crippen molar-refractivity contribution < 1.29 is 19.4 Å². The predicted molar refractivity (Wildman–Crippen MR) is 53.3 cm³/mol. The van der Waals surface area contributed by atoms with Crippen LogP contribution in [0.2, 0.25) is 0 Å². The van der Waals surface area contributed by atoms with Gasteiger partial charge in [-0.25, -0.2) is 4.79 Å². The van der Waals surface area contributed by atoms with Crippen molar-refractivity contribution in [2.24, 2.45) is 4.99 Å². The highest BCUT2D eigenvalue weighted by Gasteiger charge is 2.30. The quantitative estimate of drug-likeness (QED) is 0.714. The van der Waals surface area contributed by atoms with Crippen LogP contribution in [0.15, 0.2) is 16.3 Å². The zero-order chi connectivity index (χ0) is 11.6. The van der Waals surface area contributed by atoms with E-state index in [0.29, 0.717) is 5.70 Å². The summed E-state index contributed by atoms with van der Waals surface area (Å²) >= 11 is 0. The van der Waals surface area contributed by atoms with Crippen LogP contribution in [0.25, 0.3) is 0 Å². The second-order valence-corrected chi connectivity index (χ2v) is 3.08. The Hall–Kier alpha value is -1.56. The van der Waals surface area contributed by atoms with E-state index in [-0.39, 0.29) is 11.5 Å². The summed E-state index contributed by atoms with van der Waals surface area (Å²) < 4.78 is 9.99. The molecular formula is C9H14N2O4. The van der Waals surface area contributed by atoms with Gasteiger partial charge in [-0.2, -0.15) is 4.99 Å². The largest absolute Gasteiger partial charge is 0.480 e. The molecule has 1 heterocycles. The van der Waals surface area contributed by atoms with Crippen LogP contribution in [-0.2, 0) is 14.3 Å². The number of nitrogens with zero attached hydrogens (tertiary/aromatic N) is 2. The third-order valence-electron chi connectivity index (χ3n) is 2.28. The average molecular weight is 214 g/mol. The van der Waals surface area contributed by atoms with E-state index >= 15 is 0 Å². The number of carbonyl (C=O) groups is 1. The molecule has 0 radical (unpaired) electrons. The number of hydrogen-bond donors (Lipinski definition) is 1. The Kier molecular flexibility index (Phi) is 3.31. The third kappa shape index (κ3) is 1.94. The topological polar surface area (TPSA) is 71.4 Å². The molecule has 0 amide bonds. The molecule has 0 aromatic rings. The van der Waals surface area contributed by atoms with E-state index in [9.17, 15) is 4.79 Å². The van der Waals surface area contributed by atoms with Crippen molar-refractivity contribution in [3.8, 4) is 0 Å². The number of rotatable bonds is 2. The fourth-order valence-corrected chi connectivity index (χ4v) is 1.36. The van der Waals surface area contributed by atoms with Crippen molar-refractivity contribution in [2.45, 2.75) is 13.3 Å². The molecule has 0 fully saturated rings. The van der Waals surface area contributed by atoms with Crippen molar-refractivity contribution in [3.63, 3.8) is 0 Å². The van der Waals surface area contributed by atoms with Crippen LogP contribution in [0.4, 0.5) is 0 Å². The molecule has 1 aliphatic heterocycles. The van der Waals surface area contributed by atoms with E-state index in [1.165, 1.54) is 14.2 Å². The molecule has 6 nitrogen and oxygen atoms in total. The lowest BCUT2D eigenvalue weighted by Crippen LogP contribution is -2.38. The van der Waals surface area contributed by atoms with Crippen LogP contribution in [0.5, 0.6) is 0 Å². The van der Waals surface area contributed by atoms with E-state index in [2.05, 4.69) is 4.99 Å². The number of allylic oxidation sites excluding steroid dienone is 1. The molecule has 6 heteroatoms. The predicted octanol–water partition coefficient (Wildman–Crippen LogP) is 0.265. The van der Waals surface area contributed by atoms with Crippen molar-refractivity contribution in [1.29, 1.82) is 0 Å². The van der Waals surface area contributed by atoms with E-state index in [1.54, 1.807) is 18.9 Å².